The second kappa shape index (κ2) is 4.70. The Morgan fingerprint density at radius 3 is 3.15 bits per heavy atom. The second-order valence-corrected chi connectivity index (χ2v) is 5.94. The third-order valence-electron chi connectivity index (χ3n) is 3.68. The summed E-state index contributed by atoms with van der Waals surface area (Å²) in [6, 6.07) is 6.08. The lowest BCUT2D eigenvalue weighted by Crippen LogP contribution is -2.03. The van der Waals surface area contributed by atoms with Gasteiger partial charge < -0.3 is 9.84 Å². The van der Waals surface area contributed by atoms with Gasteiger partial charge in [0.15, 0.2) is 4.96 Å². The first kappa shape index (κ1) is 12.1. The number of hydrogen-bond acceptors (Lipinski definition) is 4. The Morgan fingerprint density at radius 2 is 2.25 bits per heavy atom. The van der Waals surface area contributed by atoms with Crippen LogP contribution in [0.5, 0.6) is 0 Å². The van der Waals surface area contributed by atoms with E-state index < -0.39 is 6.10 Å². The van der Waals surface area contributed by atoms with Crippen molar-refractivity contribution in [2.75, 3.05) is 0 Å². The van der Waals surface area contributed by atoms with Crippen LogP contribution in [0.25, 0.3) is 4.96 Å². The number of nitrogens with zero attached hydrogens (tertiary/aromatic N) is 2. The zero-order valence-corrected chi connectivity index (χ0v) is 11.6. The minimum Gasteiger partial charge on any atom is -0.388 e. The van der Waals surface area contributed by atoms with Crippen LogP contribution in [0.1, 0.15) is 28.5 Å². The molecule has 20 heavy (non-hydrogen) atoms. The van der Waals surface area contributed by atoms with Gasteiger partial charge in [0, 0.05) is 24.2 Å². The average molecular weight is 286 g/mol. The maximum Gasteiger partial charge on any atom is 0.193 e. The number of fused-ring (bicyclic) bond motifs is 2. The van der Waals surface area contributed by atoms with E-state index in [2.05, 4.69) is 4.98 Å². The third-order valence-corrected chi connectivity index (χ3v) is 4.45. The summed E-state index contributed by atoms with van der Waals surface area (Å²) in [5.74, 6) is 0. The summed E-state index contributed by atoms with van der Waals surface area (Å²) >= 11 is 1.60. The standard InChI is InChI=1S/C15H14N2O2S/c18-14(6-13-7-17-3-4-20-15(17)16-13)10-1-2-11-8-19-9-12(11)5-10/h1-5,7,14,18H,6,8-9H2. The van der Waals surface area contributed by atoms with Crippen molar-refractivity contribution in [1.29, 1.82) is 0 Å². The SMILES string of the molecule is OC(Cc1cn2ccsc2n1)c1ccc2c(c1)COC2. The molecule has 1 aromatic carbocycles. The largest absolute Gasteiger partial charge is 0.388 e. The number of hydrogen-bond donors (Lipinski definition) is 1. The van der Waals surface area contributed by atoms with E-state index >= 15 is 0 Å². The van der Waals surface area contributed by atoms with Crippen LogP contribution in [0.15, 0.2) is 36.0 Å². The summed E-state index contributed by atoms with van der Waals surface area (Å²) in [5.41, 5.74) is 4.27. The van der Waals surface area contributed by atoms with E-state index in [4.69, 9.17) is 4.74 Å². The van der Waals surface area contributed by atoms with Gasteiger partial charge in [0.05, 0.1) is 25.0 Å². The van der Waals surface area contributed by atoms with Crippen molar-refractivity contribution in [2.45, 2.75) is 25.7 Å². The molecule has 4 nitrogen and oxygen atoms in total. The Balaban J connectivity index is 1.57. The van der Waals surface area contributed by atoms with E-state index in [1.165, 1.54) is 11.1 Å². The van der Waals surface area contributed by atoms with Crippen LogP contribution in [-0.2, 0) is 24.4 Å². The fourth-order valence-corrected chi connectivity index (χ4v) is 3.31. The Bertz CT molecular complexity index is 734. The summed E-state index contributed by atoms with van der Waals surface area (Å²) in [4.78, 5) is 5.47. The quantitative estimate of drug-likeness (QED) is 0.805. The van der Waals surface area contributed by atoms with E-state index in [1.54, 1.807) is 11.3 Å². The molecule has 0 aliphatic carbocycles. The van der Waals surface area contributed by atoms with Gasteiger partial charge in [0.2, 0.25) is 0 Å². The molecular formula is C15H14N2O2S. The fourth-order valence-electron chi connectivity index (χ4n) is 2.59. The third kappa shape index (κ3) is 2.04. The van der Waals surface area contributed by atoms with Crippen molar-refractivity contribution in [3.8, 4) is 0 Å². The molecule has 0 amide bonds. The number of thiazole rings is 1. The highest BCUT2D eigenvalue weighted by Crippen LogP contribution is 2.26. The molecule has 1 unspecified atom stereocenters. The number of benzene rings is 1. The second-order valence-electron chi connectivity index (χ2n) is 5.07. The smallest absolute Gasteiger partial charge is 0.193 e. The number of imidazole rings is 1. The normalized spacial score (nSPS) is 15.7. The molecular weight excluding hydrogens is 272 g/mol. The van der Waals surface area contributed by atoms with Crippen LogP contribution in [-0.4, -0.2) is 14.5 Å². The topological polar surface area (TPSA) is 46.8 Å². The van der Waals surface area contributed by atoms with Crippen molar-refractivity contribution in [1.82, 2.24) is 9.38 Å². The van der Waals surface area contributed by atoms with Crippen molar-refractivity contribution in [2.24, 2.45) is 0 Å². The minimum atomic E-state index is -0.523. The van der Waals surface area contributed by atoms with Gasteiger partial charge in [-0.2, -0.15) is 0 Å². The van der Waals surface area contributed by atoms with Crippen LogP contribution in [0.4, 0.5) is 0 Å². The summed E-state index contributed by atoms with van der Waals surface area (Å²) < 4.78 is 7.39. The Hall–Kier alpha value is -1.69. The zero-order chi connectivity index (χ0) is 13.5. The van der Waals surface area contributed by atoms with Gasteiger partial charge in [-0.15, -0.1) is 11.3 Å². The summed E-state index contributed by atoms with van der Waals surface area (Å²) in [6.45, 7) is 1.33. The summed E-state index contributed by atoms with van der Waals surface area (Å²) in [7, 11) is 0. The van der Waals surface area contributed by atoms with E-state index in [-0.39, 0.29) is 0 Å². The molecule has 5 heteroatoms. The average Bonchev–Trinajstić information content (AvgIpc) is 3.11. The highest BCUT2D eigenvalue weighted by molar-refractivity contribution is 7.15. The summed E-state index contributed by atoms with van der Waals surface area (Å²) in [6.07, 6.45) is 3.97. The lowest BCUT2D eigenvalue weighted by molar-refractivity contribution is 0.134. The molecule has 3 aromatic rings. The van der Waals surface area contributed by atoms with Crippen LogP contribution in [0.2, 0.25) is 0 Å². The minimum absolute atomic E-state index is 0.523. The first-order valence-corrected chi connectivity index (χ1v) is 7.46. The van der Waals surface area contributed by atoms with E-state index in [0.29, 0.717) is 19.6 Å². The molecule has 0 spiro atoms. The molecule has 0 fully saturated rings. The predicted molar refractivity (Wildman–Crippen MR) is 76.7 cm³/mol. The zero-order valence-electron chi connectivity index (χ0n) is 10.8. The Labute approximate surface area is 120 Å². The lowest BCUT2D eigenvalue weighted by Gasteiger charge is -2.10. The number of rotatable bonds is 3. The van der Waals surface area contributed by atoms with Gasteiger partial charge in [0.25, 0.3) is 0 Å². The maximum atomic E-state index is 10.4. The lowest BCUT2D eigenvalue weighted by atomic mass is 10.0. The van der Waals surface area contributed by atoms with Gasteiger partial charge in [-0.3, -0.25) is 4.40 Å². The molecule has 4 rings (SSSR count). The van der Waals surface area contributed by atoms with Crippen molar-refractivity contribution >= 4 is 16.3 Å². The van der Waals surface area contributed by atoms with Crippen LogP contribution >= 0.6 is 11.3 Å². The number of aromatic nitrogens is 2. The predicted octanol–water partition coefficient (Wildman–Crippen LogP) is 2.70. The first-order chi connectivity index (χ1) is 9.79. The Kier molecular flexibility index (Phi) is 2.84. The number of aliphatic hydroxyl groups excluding tert-OH is 1. The first-order valence-electron chi connectivity index (χ1n) is 6.58. The maximum absolute atomic E-state index is 10.4. The fraction of sp³-hybridized carbons (Fsp3) is 0.267. The van der Waals surface area contributed by atoms with E-state index in [1.807, 2.05) is 40.4 Å². The van der Waals surface area contributed by atoms with Gasteiger partial charge in [0.1, 0.15) is 0 Å². The van der Waals surface area contributed by atoms with Gasteiger partial charge >= 0.3 is 0 Å². The molecule has 0 saturated heterocycles. The molecule has 0 radical (unpaired) electrons. The van der Waals surface area contributed by atoms with Crippen LogP contribution in [0, 0.1) is 0 Å². The number of ether oxygens (including phenoxy) is 1. The monoisotopic (exact) mass is 286 g/mol. The molecule has 0 saturated carbocycles. The molecule has 102 valence electrons. The van der Waals surface area contributed by atoms with Crippen molar-refractivity contribution < 1.29 is 9.84 Å². The van der Waals surface area contributed by atoms with E-state index in [9.17, 15) is 5.11 Å². The van der Waals surface area contributed by atoms with Gasteiger partial charge in [-0.05, 0) is 16.7 Å². The number of aliphatic hydroxyl groups is 1. The summed E-state index contributed by atoms with van der Waals surface area (Å²) in [5, 5.41) is 12.4. The molecule has 2 aromatic heterocycles. The molecule has 3 heterocycles. The highest BCUT2D eigenvalue weighted by Gasteiger charge is 2.16. The highest BCUT2D eigenvalue weighted by atomic mass is 32.1. The van der Waals surface area contributed by atoms with Crippen molar-refractivity contribution in [3.05, 3.63) is 58.4 Å². The molecule has 0 bridgehead atoms. The molecule has 1 aliphatic heterocycles. The van der Waals surface area contributed by atoms with Crippen LogP contribution < -0.4 is 0 Å². The molecule has 1 atom stereocenters. The van der Waals surface area contributed by atoms with E-state index in [0.717, 1.165) is 16.2 Å². The van der Waals surface area contributed by atoms with Gasteiger partial charge in [-0.1, -0.05) is 18.2 Å². The Morgan fingerprint density at radius 1 is 1.35 bits per heavy atom. The van der Waals surface area contributed by atoms with Gasteiger partial charge in [-0.25, -0.2) is 4.98 Å². The molecule has 1 N–H and O–H groups in total. The van der Waals surface area contributed by atoms with Crippen LogP contribution in [0.3, 0.4) is 0 Å². The van der Waals surface area contributed by atoms with Crippen molar-refractivity contribution in [3.63, 3.8) is 0 Å². The molecule has 1 aliphatic rings.